The van der Waals surface area contributed by atoms with Gasteiger partial charge in [0.05, 0.1) is 0 Å². The lowest BCUT2D eigenvalue weighted by atomic mass is 10.1. The molecule has 2 N–H and O–H groups in total. The van der Waals surface area contributed by atoms with Crippen LogP contribution in [0.5, 0.6) is 0 Å². The van der Waals surface area contributed by atoms with E-state index in [9.17, 15) is 4.39 Å². The molecule has 2 atom stereocenters. The Morgan fingerprint density at radius 1 is 1.67 bits per heavy atom. The lowest BCUT2D eigenvalue weighted by Gasteiger charge is -2.14. The molecule has 0 aromatic heterocycles. The fourth-order valence-electron chi connectivity index (χ4n) is 0.657. The molecule has 0 saturated carbocycles. The largest absolute Gasteiger partial charge is 0.323 e. The topological polar surface area (TPSA) is 26.0 Å². The fourth-order valence-corrected chi connectivity index (χ4v) is 0.829. The van der Waals surface area contributed by atoms with Crippen molar-refractivity contribution >= 4 is 12.6 Å². The monoisotopic (exact) mass is 145 g/mol. The van der Waals surface area contributed by atoms with Gasteiger partial charge < -0.3 is 5.73 Å². The van der Waals surface area contributed by atoms with Crippen molar-refractivity contribution in [1.29, 1.82) is 0 Å². The summed E-state index contributed by atoms with van der Waals surface area (Å²) in [5.74, 6) is -0.271. The molecule has 3 heteroatoms. The number of halogens is 1. The Labute approximate surface area is 58.8 Å². The SMILES string of the molecule is NC1C=C(F)C=CC1S. The third-order valence-electron chi connectivity index (χ3n) is 1.20. The van der Waals surface area contributed by atoms with Crippen molar-refractivity contribution in [3.05, 3.63) is 24.1 Å². The van der Waals surface area contributed by atoms with Gasteiger partial charge in [0.15, 0.2) is 0 Å². The van der Waals surface area contributed by atoms with Gasteiger partial charge in [-0.25, -0.2) is 4.39 Å². The summed E-state index contributed by atoms with van der Waals surface area (Å²) in [4.78, 5) is 0. The molecule has 1 nitrogen and oxygen atoms in total. The van der Waals surface area contributed by atoms with Crippen LogP contribution in [0.15, 0.2) is 24.1 Å². The molecule has 1 aliphatic carbocycles. The smallest absolute Gasteiger partial charge is 0.120 e. The molecule has 0 bridgehead atoms. The van der Waals surface area contributed by atoms with Crippen LogP contribution in [0.25, 0.3) is 0 Å². The molecule has 0 fully saturated rings. The van der Waals surface area contributed by atoms with Crippen LogP contribution in [0.4, 0.5) is 4.39 Å². The Morgan fingerprint density at radius 3 is 2.78 bits per heavy atom. The number of thiol groups is 1. The number of hydrogen-bond acceptors (Lipinski definition) is 2. The van der Waals surface area contributed by atoms with Crippen LogP contribution >= 0.6 is 12.6 Å². The van der Waals surface area contributed by atoms with Gasteiger partial charge >= 0.3 is 0 Å². The highest BCUT2D eigenvalue weighted by molar-refractivity contribution is 7.81. The molecule has 0 aromatic carbocycles. The van der Waals surface area contributed by atoms with Crippen molar-refractivity contribution in [2.45, 2.75) is 11.3 Å². The highest BCUT2D eigenvalue weighted by Gasteiger charge is 2.12. The van der Waals surface area contributed by atoms with Crippen LogP contribution in [0, 0.1) is 0 Å². The van der Waals surface area contributed by atoms with Crippen molar-refractivity contribution in [3.8, 4) is 0 Å². The van der Waals surface area contributed by atoms with Crippen LogP contribution < -0.4 is 5.73 Å². The standard InChI is InChI=1S/C6H8FNS/c7-4-1-2-6(9)5(8)3-4/h1-3,5-6,9H,8H2. The number of hydrogen-bond donors (Lipinski definition) is 2. The predicted molar refractivity (Wildman–Crippen MR) is 39.1 cm³/mol. The van der Waals surface area contributed by atoms with Crippen molar-refractivity contribution in [2.75, 3.05) is 0 Å². The first kappa shape index (κ1) is 6.83. The molecule has 2 unspecified atom stereocenters. The fraction of sp³-hybridized carbons (Fsp3) is 0.333. The van der Waals surface area contributed by atoms with E-state index < -0.39 is 0 Å². The van der Waals surface area contributed by atoms with Gasteiger partial charge in [0.2, 0.25) is 0 Å². The van der Waals surface area contributed by atoms with Crippen LogP contribution in [0.2, 0.25) is 0 Å². The van der Waals surface area contributed by atoms with Crippen LogP contribution in [-0.4, -0.2) is 11.3 Å². The molecule has 1 rings (SSSR count). The van der Waals surface area contributed by atoms with E-state index >= 15 is 0 Å². The Hall–Kier alpha value is -0.280. The van der Waals surface area contributed by atoms with E-state index in [1.54, 1.807) is 6.08 Å². The normalized spacial score (nSPS) is 34.3. The Bertz CT molecular complexity index is 164. The van der Waals surface area contributed by atoms with E-state index in [4.69, 9.17) is 5.73 Å². The molecule has 0 radical (unpaired) electrons. The van der Waals surface area contributed by atoms with Crippen molar-refractivity contribution in [3.63, 3.8) is 0 Å². The molecule has 0 aromatic rings. The van der Waals surface area contributed by atoms with Crippen LogP contribution in [-0.2, 0) is 0 Å². The summed E-state index contributed by atoms with van der Waals surface area (Å²) in [5, 5.41) is -0.0375. The molecular formula is C6H8FNS. The summed E-state index contributed by atoms with van der Waals surface area (Å²) in [6.45, 7) is 0. The average molecular weight is 145 g/mol. The first-order chi connectivity index (χ1) is 4.20. The molecule has 0 spiro atoms. The minimum Gasteiger partial charge on any atom is -0.323 e. The minimum atomic E-state index is -0.279. The van der Waals surface area contributed by atoms with Gasteiger partial charge in [-0.05, 0) is 12.2 Å². The zero-order chi connectivity index (χ0) is 6.85. The summed E-state index contributed by atoms with van der Waals surface area (Å²) in [6.07, 6.45) is 4.38. The molecule has 0 aliphatic heterocycles. The second-order valence-electron chi connectivity index (χ2n) is 1.98. The molecule has 0 amide bonds. The second kappa shape index (κ2) is 2.54. The highest BCUT2D eigenvalue weighted by atomic mass is 32.1. The van der Waals surface area contributed by atoms with Crippen molar-refractivity contribution < 1.29 is 4.39 Å². The molecule has 9 heavy (non-hydrogen) atoms. The Morgan fingerprint density at radius 2 is 2.33 bits per heavy atom. The van der Waals surface area contributed by atoms with E-state index in [0.717, 1.165) is 0 Å². The van der Waals surface area contributed by atoms with Crippen LogP contribution in [0.1, 0.15) is 0 Å². The van der Waals surface area contributed by atoms with Crippen molar-refractivity contribution in [1.82, 2.24) is 0 Å². The third-order valence-corrected chi connectivity index (χ3v) is 1.72. The van der Waals surface area contributed by atoms with Gasteiger partial charge in [-0.2, -0.15) is 12.6 Å². The number of allylic oxidation sites excluding steroid dienone is 2. The average Bonchev–Trinajstić information content (AvgIpc) is 1.80. The maximum atomic E-state index is 12.3. The zero-order valence-electron chi connectivity index (χ0n) is 4.79. The molecule has 1 aliphatic rings. The first-order valence-corrected chi connectivity index (χ1v) is 3.21. The van der Waals surface area contributed by atoms with Gasteiger partial charge in [-0.1, -0.05) is 6.08 Å². The van der Waals surface area contributed by atoms with Gasteiger partial charge in [0.1, 0.15) is 5.83 Å². The molecule has 50 valence electrons. The zero-order valence-corrected chi connectivity index (χ0v) is 5.68. The van der Waals surface area contributed by atoms with Gasteiger partial charge in [0, 0.05) is 11.3 Å². The Balaban J connectivity index is 2.70. The summed E-state index contributed by atoms with van der Waals surface area (Å²) in [5.41, 5.74) is 5.42. The van der Waals surface area contributed by atoms with E-state index in [0.29, 0.717) is 0 Å². The second-order valence-corrected chi connectivity index (χ2v) is 2.57. The Kier molecular flexibility index (Phi) is 1.93. The summed E-state index contributed by atoms with van der Waals surface area (Å²) < 4.78 is 12.3. The van der Waals surface area contributed by atoms with E-state index in [2.05, 4.69) is 12.6 Å². The lowest BCUT2D eigenvalue weighted by Crippen LogP contribution is -2.28. The van der Waals surface area contributed by atoms with E-state index in [-0.39, 0.29) is 17.1 Å². The van der Waals surface area contributed by atoms with E-state index in [1.165, 1.54) is 12.2 Å². The third kappa shape index (κ3) is 1.56. The first-order valence-electron chi connectivity index (χ1n) is 2.69. The van der Waals surface area contributed by atoms with Gasteiger partial charge in [-0.15, -0.1) is 0 Å². The summed E-state index contributed by atoms with van der Waals surface area (Å²) in [7, 11) is 0. The molecule has 0 heterocycles. The predicted octanol–water partition coefficient (Wildman–Crippen LogP) is 1.04. The maximum absolute atomic E-state index is 12.3. The lowest BCUT2D eigenvalue weighted by molar-refractivity contribution is 0.641. The minimum absolute atomic E-state index is 0.0375. The van der Waals surface area contributed by atoms with Gasteiger partial charge in [-0.3, -0.25) is 0 Å². The molecular weight excluding hydrogens is 137 g/mol. The summed E-state index contributed by atoms with van der Waals surface area (Å²) in [6, 6.07) is -0.279. The molecule has 0 saturated heterocycles. The summed E-state index contributed by atoms with van der Waals surface area (Å²) >= 11 is 4.07. The van der Waals surface area contributed by atoms with E-state index in [1.807, 2.05) is 0 Å². The maximum Gasteiger partial charge on any atom is 0.120 e. The number of rotatable bonds is 0. The van der Waals surface area contributed by atoms with Crippen molar-refractivity contribution in [2.24, 2.45) is 5.73 Å². The quantitative estimate of drug-likeness (QED) is 0.489. The van der Waals surface area contributed by atoms with Crippen LogP contribution in [0.3, 0.4) is 0 Å². The number of nitrogens with two attached hydrogens (primary N) is 1. The highest BCUT2D eigenvalue weighted by Crippen LogP contribution is 2.14. The van der Waals surface area contributed by atoms with Gasteiger partial charge in [0.25, 0.3) is 0 Å².